The van der Waals surface area contributed by atoms with Gasteiger partial charge in [-0.2, -0.15) is 0 Å². The minimum atomic E-state index is -0.214. The van der Waals surface area contributed by atoms with Gasteiger partial charge in [0.15, 0.2) is 5.17 Å². The summed E-state index contributed by atoms with van der Waals surface area (Å²) in [5, 5.41) is 4.22. The Morgan fingerprint density at radius 1 is 1.04 bits per heavy atom. The zero-order valence-electron chi connectivity index (χ0n) is 14.1. The summed E-state index contributed by atoms with van der Waals surface area (Å²) in [6.07, 6.45) is 1.69. The number of hydrogen-bond acceptors (Lipinski definition) is 4. The van der Waals surface area contributed by atoms with Gasteiger partial charge in [-0.1, -0.05) is 39.1 Å². The molecule has 0 radical (unpaired) electrons. The van der Waals surface area contributed by atoms with Gasteiger partial charge < -0.3 is 9.73 Å². The summed E-state index contributed by atoms with van der Waals surface area (Å²) < 4.78 is 6.79. The van der Waals surface area contributed by atoms with Gasteiger partial charge in [-0.15, -0.1) is 0 Å². The number of amidine groups is 1. The number of amides is 1. The number of benzene rings is 2. The van der Waals surface area contributed by atoms with Crippen molar-refractivity contribution in [1.82, 2.24) is 5.32 Å². The molecule has 1 fully saturated rings. The van der Waals surface area contributed by atoms with Crippen molar-refractivity contribution in [3.05, 3.63) is 79.8 Å². The van der Waals surface area contributed by atoms with E-state index in [0.29, 0.717) is 31.6 Å². The van der Waals surface area contributed by atoms with Crippen molar-refractivity contribution in [2.24, 2.45) is 4.99 Å². The Hall–Kier alpha value is -1.99. The molecule has 1 amide bonds. The van der Waals surface area contributed by atoms with Crippen molar-refractivity contribution in [3.8, 4) is 11.3 Å². The van der Waals surface area contributed by atoms with Crippen LogP contribution in [0.2, 0.25) is 10.0 Å². The third-order valence-corrected chi connectivity index (χ3v) is 5.99. The molecule has 2 aromatic carbocycles. The molecule has 0 unspecified atom stereocenters. The van der Waals surface area contributed by atoms with Gasteiger partial charge in [-0.3, -0.25) is 4.79 Å². The van der Waals surface area contributed by atoms with Crippen LogP contribution >= 0.6 is 50.9 Å². The van der Waals surface area contributed by atoms with Crippen molar-refractivity contribution < 1.29 is 9.21 Å². The second-order valence-corrected chi connectivity index (χ2v) is 8.55. The normalized spacial score (nSPS) is 16.8. The van der Waals surface area contributed by atoms with Crippen LogP contribution in [0.3, 0.4) is 0 Å². The zero-order valence-corrected chi connectivity index (χ0v) is 18.0. The van der Waals surface area contributed by atoms with Crippen LogP contribution in [-0.4, -0.2) is 11.1 Å². The van der Waals surface area contributed by atoms with E-state index in [9.17, 15) is 4.79 Å². The number of furan rings is 1. The lowest BCUT2D eigenvalue weighted by Crippen LogP contribution is -2.19. The number of thioether (sulfide) groups is 1. The van der Waals surface area contributed by atoms with Crippen LogP contribution < -0.4 is 5.32 Å². The third-order valence-electron chi connectivity index (χ3n) is 3.81. The first kappa shape index (κ1) is 19.3. The quantitative estimate of drug-likeness (QED) is 0.403. The molecule has 3 aromatic rings. The second kappa shape index (κ2) is 8.17. The van der Waals surface area contributed by atoms with E-state index >= 15 is 0 Å². The fraction of sp³-hybridized carbons (Fsp3) is 0. The molecule has 0 spiro atoms. The van der Waals surface area contributed by atoms with Gasteiger partial charge in [-0.25, -0.2) is 4.99 Å². The predicted octanol–water partition coefficient (Wildman–Crippen LogP) is 6.91. The van der Waals surface area contributed by atoms with E-state index in [1.807, 2.05) is 36.4 Å². The third kappa shape index (κ3) is 4.36. The molecule has 0 bridgehead atoms. The highest BCUT2D eigenvalue weighted by Crippen LogP contribution is 2.32. The van der Waals surface area contributed by atoms with Gasteiger partial charge in [0.1, 0.15) is 11.5 Å². The number of halogens is 3. The highest BCUT2D eigenvalue weighted by Gasteiger charge is 2.24. The zero-order chi connectivity index (χ0) is 19.7. The number of rotatable bonds is 3. The summed E-state index contributed by atoms with van der Waals surface area (Å²) in [6.45, 7) is 0. The number of nitrogens with one attached hydrogen (secondary N) is 1. The Morgan fingerprint density at radius 2 is 1.82 bits per heavy atom. The average Bonchev–Trinajstić information content (AvgIpc) is 3.27. The summed E-state index contributed by atoms with van der Waals surface area (Å²) in [5.41, 5.74) is 1.56. The molecule has 1 aromatic heterocycles. The Bertz CT molecular complexity index is 1120. The topological polar surface area (TPSA) is 54.6 Å². The Morgan fingerprint density at radius 3 is 2.57 bits per heavy atom. The molecule has 8 heteroatoms. The van der Waals surface area contributed by atoms with Gasteiger partial charge in [0, 0.05) is 16.1 Å². The van der Waals surface area contributed by atoms with Gasteiger partial charge in [0.2, 0.25) is 0 Å². The fourth-order valence-electron chi connectivity index (χ4n) is 2.48. The summed E-state index contributed by atoms with van der Waals surface area (Å²) in [4.78, 5) is 17.2. The number of aliphatic imine (C=N–C) groups is 1. The molecule has 28 heavy (non-hydrogen) atoms. The first-order valence-corrected chi connectivity index (χ1v) is 10.4. The first-order chi connectivity index (χ1) is 13.5. The van der Waals surface area contributed by atoms with Crippen molar-refractivity contribution in [3.63, 3.8) is 0 Å². The minimum absolute atomic E-state index is 0.214. The van der Waals surface area contributed by atoms with Crippen molar-refractivity contribution in [2.45, 2.75) is 0 Å². The molecule has 4 nitrogen and oxygen atoms in total. The molecule has 1 N–H and O–H groups in total. The molecular weight excluding hydrogens is 483 g/mol. The highest BCUT2D eigenvalue weighted by atomic mass is 79.9. The van der Waals surface area contributed by atoms with Gasteiger partial charge in [0.05, 0.1) is 20.6 Å². The highest BCUT2D eigenvalue weighted by molar-refractivity contribution is 9.10. The molecule has 1 aliphatic rings. The van der Waals surface area contributed by atoms with E-state index in [-0.39, 0.29) is 5.91 Å². The maximum Gasteiger partial charge on any atom is 0.264 e. The van der Waals surface area contributed by atoms with Crippen molar-refractivity contribution in [2.75, 3.05) is 0 Å². The number of nitrogens with zero attached hydrogens (tertiary/aromatic N) is 1. The van der Waals surface area contributed by atoms with E-state index in [0.717, 1.165) is 15.7 Å². The lowest BCUT2D eigenvalue weighted by molar-refractivity contribution is -0.115. The van der Waals surface area contributed by atoms with E-state index in [1.54, 1.807) is 24.3 Å². The lowest BCUT2D eigenvalue weighted by Gasteiger charge is -1.99. The summed E-state index contributed by atoms with van der Waals surface area (Å²) in [6, 6.07) is 16.4. The maximum atomic E-state index is 12.2. The molecule has 1 aliphatic heterocycles. The van der Waals surface area contributed by atoms with E-state index in [4.69, 9.17) is 27.6 Å². The van der Waals surface area contributed by atoms with Gasteiger partial charge in [0.25, 0.3) is 5.91 Å². The standard InChI is InChI=1S/C20H11BrCl2N2O2S/c21-12-2-4-13(5-3-12)24-20-25-19(26)18(28-20)10-14-6-8-17(27-14)11-1-7-15(22)16(23)9-11/h1-10H,(H,24,25,26). The molecule has 0 atom stereocenters. The van der Waals surface area contributed by atoms with Crippen LogP contribution in [-0.2, 0) is 4.79 Å². The molecular formula is C20H11BrCl2N2O2S. The monoisotopic (exact) mass is 492 g/mol. The summed E-state index contributed by atoms with van der Waals surface area (Å²) in [7, 11) is 0. The minimum Gasteiger partial charge on any atom is -0.457 e. The Labute approximate surface area is 183 Å². The van der Waals surface area contributed by atoms with Gasteiger partial charge in [-0.05, 0) is 66.4 Å². The van der Waals surface area contributed by atoms with E-state index < -0.39 is 0 Å². The maximum absolute atomic E-state index is 12.2. The van der Waals surface area contributed by atoms with Crippen molar-refractivity contribution in [1.29, 1.82) is 0 Å². The van der Waals surface area contributed by atoms with Crippen LogP contribution in [0.15, 0.2) is 73.4 Å². The largest absolute Gasteiger partial charge is 0.457 e. The second-order valence-electron chi connectivity index (χ2n) is 5.79. The summed E-state index contributed by atoms with van der Waals surface area (Å²) >= 11 is 16.7. The number of carbonyl (C=O) groups excluding carboxylic acids is 1. The first-order valence-electron chi connectivity index (χ1n) is 8.08. The summed E-state index contributed by atoms with van der Waals surface area (Å²) in [5.74, 6) is 0.981. The van der Waals surface area contributed by atoms with Crippen LogP contribution in [0.4, 0.5) is 5.69 Å². The smallest absolute Gasteiger partial charge is 0.264 e. The molecule has 1 saturated heterocycles. The number of hydrogen-bond donors (Lipinski definition) is 1. The van der Waals surface area contributed by atoms with Crippen molar-refractivity contribution >= 4 is 73.7 Å². The predicted molar refractivity (Wildman–Crippen MR) is 119 cm³/mol. The SMILES string of the molecule is O=C1NC(=Nc2ccc(Br)cc2)SC1=Cc1ccc(-c2ccc(Cl)c(Cl)c2)o1. The Kier molecular flexibility index (Phi) is 5.64. The van der Waals surface area contributed by atoms with Crippen LogP contribution in [0, 0.1) is 0 Å². The van der Waals surface area contributed by atoms with E-state index in [1.165, 1.54) is 11.8 Å². The lowest BCUT2D eigenvalue weighted by atomic mass is 10.2. The van der Waals surface area contributed by atoms with Gasteiger partial charge >= 0.3 is 0 Å². The Balaban J connectivity index is 1.54. The average molecular weight is 494 g/mol. The van der Waals surface area contributed by atoms with Crippen LogP contribution in [0.5, 0.6) is 0 Å². The van der Waals surface area contributed by atoms with Crippen LogP contribution in [0.25, 0.3) is 17.4 Å². The van der Waals surface area contributed by atoms with E-state index in [2.05, 4.69) is 26.2 Å². The molecule has 2 heterocycles. The fourth-order valence-corrected chi connectivity index (χ4v) is 3.86. The molecule has 140 valence electrons. The molecule has 0 aliphatic carbocycles. The number of carbonyl (C=O) groups is 1. The van der Waals surface area contributed by atoms with Crippen LogP contribution in [0.1, 0.15) is 5.76 Å². The molecule has 4 rings (SSSR count). The molecule has 0 saturated carbocycles.